The van der Waals surface area contributed by atoms with Gasteiger partial charge in [0.2, 0.25) is 5.58 Å². The Bertz CT molecular complexity index is 1350. The molecule has 3 heterocycles. The number of sulfone groups is 1. The Labute approximate surface area is 196 Å². The summed E-state index contributed by atoms with van der Waals surface area (Å²) in [5, 5.41) is 6.80. The number of hydrogen-bond donors (Lipinski definition) is 1. The van der Waals surface area contributed by atoms with E-state index in [-0.39, 0.29) is 41.0 Å². The molecule has 1 amide bonds. The van der Waals surface area contributed by atoms with Crippen molar-refractivity contribution in [3.63, 3.8) is 0 Å². The molecule has 1 aliphatic heterocycles. The Morgan fingerprint density at radius 3 is 2.60 bits per heavy atom. The van der Waals surface area contributed by atoms with Gasteiger partial charge in [-0.15, -0.1) is 0 Å². The third-order valence-electron chi connectivity index (χ3n) is 5.40. The second kappa shape index (κ2) is 9.28. The summed E-state index contributed by atoms with van der Waals surface area (Å²) in [6.07, 6.45) is -2.68. The summed E-state index contributed by atoms with van der Waals surface area (Å²) in [6, 6.07) is 3.39. The minimum atomic E-state index is -4.60. The number of aromatic nitrogens is 3. The fourth-order valence-corrected chi connectivity index (χ4v) is 4.30. The molecular weight excluding hydrogens is 498 g/mol. The summed E-state index contributed by atoms with van der Waals surface area (Å²) in [5.41, 5.74) is 0.928. The number of amides is 1. The minimum Gasteiger partial charge on any atom is -0.440 e. The van der Waals surface area contributed by atoms with Crippen LogP contribution in [0.4, 0.5) is 33.9 Å². The number of piperidine rings is 1. The lowest BCUT2D eigenvalue weighted by atomic mass is 9.93. The highest BCUT2D eigenvalue weighted by molar-refractivity contribution is 7.90. The molecule has 1 fully saturated rings. The highest BCUT2D eigenvalue weighted by Crippen LogP contribution is 2.34. The summed E-state index contributed by atoms with van der Waals surface area (Å²) >= 11 is 0. The van der Waals surface area contributed by atoms with E-state index in [1.54, 1.807) is 0 Å². The number of likely N-dealkylation sites (tertiary alicyclic amines) is 1. The molecule has 15 heteroatoms. The number of carbonyl (C=O) groups is 1. The zero-order valence-electron chi connectivity index (χ0n) is 18.2. The van der Waals surface area contributed by atoms with Crippen molar-refractivity contribution in [3.05, 3.63) is 36.0 Å². The lowest BCUT2D eigenvalue weighted by Crippen LogP contribution is -2.39. The van der Waals surface area contributed by atoms with Gasteiger partial charge in [-0.2, -0.15) is 13.2 Å². The molecule has 10 nitrogen and oxygen atoms in total. The van der Waals surface area contributed by atoms with Gasteiger partial charge in [-0.3, -0.25) is 0 Å². The normalized spacial score (nSPS) is 15.4. The van der Waals surface area contributed by atoms with Crippen LogP contribution in [0, 0.1) is 5.82 Å². The number of fused-ring (bicyclic) bond motifs is 1. The summed E-state index contributed by atoms with van der Waals surface area (Å²) in [6.45, 7) is -1.34. The van der Waals surface area contributed by atoms with Gasteiger partial charge in [-0.25, -0.2) is 27.6 Å². The molecule has 0 spiro atoms. The first-order valence-corrected chi connectivity index (χ1v) is 12.2. The fourth-order valence-electron chi connectivity index (χ4n) is 3.66. The number of alkyl halides is 3. The minimum absolute atomic E-state index is 0.0407. The Morgan fingerprint density at radius 2 is 1.97 bits per heavy atom. The lowest BCUT2D eigenvalue weighted by molar-refractivity contribution is -0.162. The Balaban J connectivity index is 1.48. The average Bonchev–Trinajstić information content (AvgIpc) is 3.23. The molecular formula is C20H19F4N5O5S. The predicted octanol–water partition coefficient (Wildman–Crippen LogP) is 3.78. The highest BCUT2D eigenvalue weighted by Gasteiger charge is 2.33. The quantitative estimate of drug-likeness (QED) is 0.503. The number of nitrogens with zero attached hydrogens (tertiary/aromatic N) is 4. The van der Waals surface area contributed by atoms with Crippen LogP contribution in [-0.4, -0.2) is 66.7 Å². The Kier molecular flexibility index (Phi) is 6.53. The monoisotopic (exact) mass is 517 g/mol. The van der Waals surface area contributed by atoms with E-state index in [2.05, 4.69) is 25.2 Å². The molecule has 1 aromatic carbocycles. The van der Waals surface area contributed by atoms with Crippen LogP contribution in [0.5, 0.6) is 0 Å². The van der Waals surface area contributed by atoms with Gasteiger partial charge < -0.3 is 19.5 Å². The van der Waals surface area contributed by atoms with E-state index in [0.717, 1.165) is 12.3 Å². The molecule has 4 rings (SSSR count). The van der Waals surface area contributed by atoms with Crippen LogP contribution in [0.1, 0.15) is 24.5 Å². The van der Waals surface area contributed by atoms with Crippen molar-refractivity contribution in [1.82, 2.24) is 20.0 Å². The molecule has 0 atom stereocenters. The van der Waals surface area contributed by atoms with Crippen molar-refractivity contribution in [2.24, 2.45) is 0 Å². The average molecular weight is 517 g/mol. The third kappa shape index (κ3) is 5.61. The molecule has 1 aliphatic rings. The second-order valence-electron chi connectivity index (χ2n) is 7.94. The van der Waals surface area contributed by atoms with E-state index in [4.69, 9.17) is 4.52 Å². The van der Waals surface area contributed by atoms with Gasteiger partial charge in [0.25, 0.3) is 0 Å². The van der Waals surface area contributed by atoms with Crippen LogP contribution < -0.4 is 5.32 Å². The van der Waals surface area contributed by atoms with E-state index < -0.39 is 34.5 Å². The first-order valence-electron chi connectivity index (χ1n) is 10.3. The van der Waals surface area contributed by atoms with E-state index in [9.17, 15) is 30.8 Å². The van der Waals surface area contributed by atoms with Crippen LogP contribution in [0.25, 0.3) is 11.1 Å². The molecule has 3 aromatic rings. The number of carbonyl (C=O) groups excluding carboxylic acids is 1. The van der Waals surface area contributed by atoms with E-state index in [0.29, 0.717) is 24.1 Å². The maximum atomic E-state index is 14.5. The van der Waals surface area contributed by atoms with Crippen molar-refractivity contribution in [3.8, 4) is 0 Å². The summed E-state index contributed by atoms with van der Waals surface area (Å²) in [4.78, 5) is 21.1. The molecule has 0 aliphatic carbocycles. The molecule has 1 saturated heterocycles. The SMILES string of the molecule is CS(=O)(=O)c1ccc(Nc2ncnc3c(C4CCN(C(=O)OCC(F)(F)F)CC4)noc23)c(F)c1. The Morgan fingerprint density at radius 1 is 1.26 bits per heavy atom. The molecule has 0 unspecified atom stereocenters. The number of rotatable bonds is 5. The summed E-state index contributed by atoms with van der Waals surface area (Å²) in [7, 11) is -3.58. The number of anilines is 2. The number of hydrogen-bond acceptors (Lipinski definition) is 9. The van der Waals surface area contributed by atoms with E-state index >= 15 is 0 Å². The molecule has 1 N–H and O–H groups in total. The molecule has 2 aromatic heterocycles. The lowest BCUT2D eigenvalue weighted by Gasteiger charge is -2.30. The number of nitrogens with one attached hydrogen (secondary N) is 1. The van der Waals surface area contributed by atoms with Gasteiger partial charge in [0, 0.05) is 25.3 Å². The summed E-state index contributed by atoms with van der Waals surface area (Å²) < 4.78 is 84.1. The molecule has 0 bridgehead atoms. The number of halogens is 4. The molecule has 35 heavy (non-hydrogen) atoms. The van der Waals surface area contributed by atoms with Crippen LogP contribution in [0.3, 0.4) is 0 Å². The van der Waals surface area contributed by atoms with Crippen molar-refractivity contribution in [2.75, 3.05) is 31.3 Å². The second-order valence-corrected chi connectivity index (χ2v) is 9.95. The van der Waals surface area contributed by atoms with Gasteiger partial charge in [0.1, 0.15) is 23.4 Å². The van der Waals surface area contributed by atoms with E-state index in [1.807, 2.05) is 0 Å². The van der Waals surface area contributed by atoms with Crippen LogP contribution in [0.15, 0.2) is 33.9 Å². The first-order chi connectivity index (χ1) is 16.4. The first kappa shape index (κ1) is 24.6. The van der Waals surface area contributed by atoms with Crippen LogP contribution in [0.2, 0.25) is 0 Å². The predicted molar refractivity (Wildman–Crippen MR) is 113 cm³/mol. The van der Waals surface area contributed by atoms with Crippen LogP contribution >= 0.6 is 0 Å². The van der Waals surface area contributed by atoms with Gasteiger partial charge >= 0.3 is 12.3 Å². The van der Waals surface area contributed by atoms with Crippen molar-refractivity contribution in [2.45, 2.75) is 29.8 Å². The van der Waals surface area contributed by atoms with Crippen molar-refractivity contribution < 1.29 is 40.0 Å². The maximum absolute atomic E-state index is 14.5. The van der Waals surface area contributed by atoms with Crippen molar-refractivity contribution in [1.29, 1.82) is 0 Å². The van der Waals surface area contributed by atoms with Gasteiger partial charge in [0.15, 0.2) is 22.3 Å². The summed E-state index contributed by atoms with van der Waals surface area (Å²) in [5.74, 6) is -0.909. The number of ether oxygens (including phenoxy) is 1. The topological polar surface area (TPSA) is 128 Å². The largest absolute Gasteiger partial charge is 0.440 e. The fraction of sp³-hybridized carbons (Fsp3) is 0.400. The maximum Gasteiger partial charge on any atom is 0.422 e. The van der Waals surface area contributed by atoms with Gasteiger partial charge in [-0.1, -0.05) is 5.16 Å². The number of benzene rings is 1. The zero-order valence-corrected chi connectivity index (χ0v) is 19.0. The smallest absolute Gasteiger partial charge is 0.422 e. The molecule has 0 radical (unpaired) electrons. The Hall–Kier alpha value is -3.49. The van der Waals surface area contributed by atoms with Crippen molar-refractivity contribution >= 4 is 38.5 Å². The van der Waals surface area contributed by atoms with Crippen LogP contribution in [-0.2, 0) is 14.6 Å². The third-order valence-corrected chi connectivity index (χ3v) is 6.51. The standard InChI is InChI=1S/C20H19F4N5O5S/c1-35(31,32)12-2-3-14(13(21)8-12)27-18-17-16(25-10-26-18)15(28-34-17)11-4-6-29(7-5-11)19(30)33-9-20(22,23)24/h2-3,8,10-11H,4-7,9H2,1H3,(H,25,26,27). The highest BCUT2D eigenvalue weighted by atomic mass is 32.2. The van der Waals surface area contributed by atoms with Gasteiger partial charge in [-0.05, 0) is 31.0 Å². The molecule has 188 valence electrons. The van der Waals surface area contributed by atoms with E-state index in [1.165, 1.54) is 23.4 Å². The molecule has 0 saturated carbocycles. The zero-order chi connectivity index (χ0) is 25.4. The van der Waals surface area contributed by atoms with Gasteiger partial charge in [0.05, 0.1) is 10.6 Å².